The van der Waals surface area contributed by atoms with E-state index in [0.29, 0.717) is 17.0 Å². The Hall–Kier alpha value is -3.22. The van der Waals surface area contributed by atoms with Crippen LogP contribution in [0, 0.1) is 0 Å². The molecule has 4 rings (SSSR count). The van der Waals surface area contributed by atoms with Gasteiger partial charge >= 0.3 is 6.18 Å². The first-order valence-electron chi connectivity index (χ1n) is 9.36. The quantitative estimate of drug-likeness (QED) is 0.332. The van der Waals surface area contributed by atoms with Gasteiger partial charge in [0.1, 0.15) is 5.58 Å². The highest BCUT2D eigenvalue weighted by Crippen LogP contribution is 2.33. The maximum atomic E-state index is 13.0. The lowest BCUT2D eigenvalue weighted by molar-refractivity contribution is -0.137. The van der Waals surface area contributed by atoms with Crippen LogP contribution < -0.4 is 9.44 Å². The van der Waals surface area contributed by atoms with Crippen molar-refractivity contribution in [3.05, 3.63) is 83.4 Å². The lowest BCUT2D eigenvalue weighted by Gasteiger charge is -2.15. The number of halogens is 4. The molecular formula is C21H14ClF3N2O5S2. The van der Waals surface area contributed by atoms with E-state index >= 15 is 0 Å². The summed E-state index contributed by atoms with van der Waals surface area (Å²) in [4.78, 5) is -0.664. The summed E-state index contributed by atoms with van der Waals surface area (Å²) in [5.41, 5.74) is -1.36. The molecule has 0 fully saturated rings. The van der Waals surface area contributed by atoms with Gasteiger partial charge in [0.25, 0.3) is 20.0 Å². The van der Waals surface area contributed by atoms with Crippen molar-refractivity contribution in [1.29, 1.82) is 0 Å². The van der Waals surface area contributed by atoms with Crippen molar-refractivity contribution in [2.75, 3.05) is 9.44 Å². The number of sulfonamides is 2. The van der Waals surface area contributed by atoms with Gasteiger partial charge < -0.3 is 4.42 Å². The van der Waals surface area contributed by atoms with Crippen molar-refractivity contribution in [3.8, 4) is 0 Å². The second kappa shape index (κ2) is 8.53. The summed E-state index contributed by atoms with van der Waals surface area (Å²) in [5.74, 6) is 0. The van der Waals surface area contributed by atoms with Crippen LogP contribution in [-0.4, -0.2) is 16.8 Å². The summed E-state index contributed by atoms with van der Waals surface area (Å²) in [6.45, 7) is 0. The fourth-order valence-electron chi connectivity index (χ4n) is 3.02. The predicted octanol–water partition coefficient (Wildman–Crippen LogP) is 5.71. The molecule has 0 aliphatic heterocycles. The van der Waals surface area contributed by atoms with Gasteiger partial charge in [-0.3, -0.25) is 9.44 Å². The van der Waals surface area contributed by atoms with Gasteiger partial charge in [-0.25, -0.2) is 8.42 Å². The molecule has 3 aromatic carbocycles. The fourth-order valence-corrected chi connectivity index (χ4v) is 5.36. The van der Waals surface area contributed by atoms with E-state index in [4.69, 9.17) is 16.0 Å². The molecule has 178 valence electrons. The number of para-hydroxylation sites is 1. The van der Waals surface area contributed by atoms with Crippen molar-refractivity contribution in [1.82, 2.24) is 0 Å². The largest absolute Gasteiger partial charge is 0.443 e. The van der Waals surface area contributed by atoms with E-state index in [2.05, 4.69) is 9.44 Å². The van der Waals surface area contributed by atoms with Crippen LogP contribution in [0.1, 0.15) is 5.56 Å². The number of anilines is 2. The molecule has 1 heterocycles. The Morgan fingerprint density at radius 2 is 1.47 bits per heavy atom. The lowest BCUT2D eigenvalue weighted by atomic mass is 10.2. The summed E-state index contributed by atoms with van der Waals surface area (Å²) in [7, 11) is -8.84. The van der Waals surface area contributed by atoms with E-state index < -0.39 is 41.8 Å². The molecule has 0 amide bonds. The average molecular weight is 531 g/mol. The maximum Gasteiger partial charge on any atom is 0.416 e. The zero-order valence-electron chi connectivity index (χ0n) is 16.8. The van der Waals surface area contributed by atoms with Gasteiger partial charge in [0, 0.05) is 16.5 Å². The van der Waals surface area contributed by atoms with E-state index in [-0.39, 0.29) is 16.4 Å². The lowest BCUT2D eigenvalue weighted by Crippen LogP contribution is -2.18. The number of nitrogens with one attached hydrogen (secondary N) is 2. The van der Waals surface area contributed by atoms with Crippen LogP contribution in [0.4, 0.5) is 24.5 Å². The first-order valence-corrected chi connectivity index (χ1v) is 12.7. The van der Waals surface area contributed by atoms with Crippen LogP contribution in [-0.2, 0) is 26.2 Å². The molecule has 0 atom stereocenters. The molecule has 0 saturated heterocycles. The normalized spacial score (nSPS) is 12.6. The molecule has 0 bridgehead atoms. The molecule has 0 aliphatic carbocycles. The summed E-state index contributed by atoms with van der Waals surface area (Å²) < 4.78 is 99.9. The first kappa shape index (κ1) is 23.9. The Morgan fingerprint density at radius 1 is 0.765 bits per heavy atom. The average Bonchev–Trinajstić information content (AvgIpc) is 3.20. The fraction of sp³-hybridized carbons (Fsp3) is 0.0476. The third kappa shape index (κ3) is 4.98. The third-order valence-electron chi connectivity index (χ3n) is 4.61. The van der Waals surface area contributed by atoms with Gasteiger partial charge in [-0.2, -0.15) is 21.6 Å². The standard InChI is InChI=1S/C21H14ClF3N2O5S2/c22-15-8-9-17(26-33(28,29)16-6-3-5-14(11-16)21(23,24)25)18(12-15)27-34(30,31)20-10-13-4-1-2-7-19(13)32-20/h1-12,26-27H. The number of rotatable bonds is 6. The highest BCUT2D eigenvalue weighted by molar-refractivity contribution is 7.93. The van der Waals surface area contributed by atoms with Crippen LogP contribution in [0.15, 0.2) is 87.2 Å². The van der Waals surface area contributed by atoms with Crippen molar-refractivity contribution < 1.29 is 34.4 Å². The third-order valence-corrected chi connectivity index (χ3v) is 7.43. The predicted molar refractivity (Wildman–Crippen MR) is 121 cm³/mol. The molecule has 0 unspecified atom stereocenters. The second-order valence-electron chi connectivity index (χ2n) is 7.03. The van der Waals surface area contributed by atoms with Gasteiger partial charge in [-0.15, -0.1) is 0 Å². The van der Waals surface area contributed by atoms with E-state index in [1.165, 1.54) is 18.2 Å². The Balaban J connectivity index is 1.69. The van der Waals surface area contributed by atoms with Crippen LogP contribution in [0.2, 0.25) is 5.02 Å². The molecule has 2 N–H and O–H groups in total. The highest BCUT2D eigenvalue weighted by atomic mass is 35.5. The Kier molecular flexibility index (Phi) is 6.00. The molecule has 0 spiro atoms. The molecule has 4 aromatic rings. The molecular weight excluding hydrogens is 517 g/mol. The number of alkyl halides is 3. The van der Waals surface area contributed by atoms with Crippen LogP contribution in [0.25, 0.3) is 11.0 Å². The molecule has 0 radical (unpaired) electrons. The molecule has 13 heteroatoms. The zero-order chi connectivity index (χ0) is 24.7. The molecule has 1 aromatic heterocycles. The van der Waals surface area contributed by atoms with E-state index in [1.807, 2.05) is 0 Å². The first-order chi connectivity index (χ1) is 15.8. The molecule has 34 heavy (non-hydrogen) atoms. The number of hydrogen-bond acceptors (Lipinski definition) is 5. The van der Waals surface area contributed by atoms with Gasteiger partial charge in [0.15, 0.2) is 0 Å². The van der Waals surface area contributed by atoms with Crippen molar-refractivity contribution in [2.24, 2.45) is 0 Å². The summed E-state index contributed by atoms with van der Waals surface area (Å²) in [5, 5.41) is 0.170. The number of furan rings is 1. The van der Waals surface area contributed by atoms with Crippen LogP contribution in [0.5, 0.6) is 0 Å². The van der Waals surface area contributed by atoms with Crippen LogP contribution in [0.3, 0.4) is 0 Å². The SMILES string of the molecule is O=S(=O)(Nc1ccc(Cl)cc1NS(=O)(=O)c1cc2ccccc2o1)c1cccc(C(F)(F)F)c1. The molecule has 7 nitrogen and oxygen atoms in total. The summed E-state index contributed by atoms with van der Waals surface area (Å²) in [6.07, 6.45) is -4.75. The highest BCUT2D eigenvalue weighted by Gasteiger charge is 2.32. The van der Waals surface area contributed by atoms with Crippen molar-refractivity contribution in [2.45, 2.75) is 16.2 Å². The maximum absolute atomic E-state index is 13.0. The van der Waals surface area contributed by atoms with E-state index in [9.17, 15) is 30.0 Å². The topological polar surface area (TPSA) is 105 Å². The minimum absolute atomic E-state index is 0.0734. The van der Waals surface area contributed by atoms with E-state index in [1.54, 1.807) is 24.3 Å². The minimum Gasteiger partial charge on any atom is -0.443 e. The van der Waals surface area contributed by atoms with Crippen molar-refractivity contribution >= 4 is 54.0 Å². The van der Waals surface area contributed by atoms with Crippen molar-refractivity contribution in [3.63, 3.8) is 0 Å². The number of hydrogen-bond donors (Lipinski definition) is 2. The molecule has 0 aliphatic rings. The van der Waals surface area contributed by atoms with Gasteiger partial charge in [-0.1, -0.05) is 35.9 Å². The van der Waals surface area contributed by atoms with E-state index in [0.717, 1.165) is 24.3 Å². The van der Waals surface area contributed by atoms with Crippen LogP contribution >= 0.6 is 11.6 Å². The van der Waals surface area contributed by atoms with Gasteiger partial charge in [-0.05, 0) is 42.5 Å². The van der Waals surface area contributed by atoms with Gasteiger partial charge in [0.05, 0.1) is 21.8 Å². The second-order valence-corrected chi connectivity index (χ2v) is 10.8. The monoisotopic (exact) mass is 530 g/mol. The van der Waals surface area contributed by atoms with Gasteiger partial charge in [0.2, 0.25) is 5.09 Å². The number of benzene rings is 3. The Bertz CT molecular complexity index is 1570. The summed E-state index contributed by atoms with van der Waals surface area (Å²) in [6, 6.07) is 14.6. The number of fused-ring (bicyclic) bond motifs is 1. The summed E-state index contributed by atoms with van der Waals surface area (Å²) >= 11 is 5.95. The minimum atomic E-state index is -4.75. The Morgan fingerprint density at radius 3 is 2.18 bits per heavy atom. The Labute approximate surface area is 197 Å². The smallest absolute Gasteiger partial charge is 0.416 e. The zero-order valence-corrected chi connectivity index (χ0v) is 19.2. The molecule has 0 saturated carbocycles.